The predicted octanol–water partition coefficient (Wildman–Crippen LogP) is 22.1. The minimum Gasteiger partial charge on any atom is -0.400 e. The molecule has 0 aliphatic rings. The molecule has 0 fully saturated rings. The van der Waals surface area contributed by atoms with Crippen LogP contribution in [0.25, 0.3) is 67.5 Å². The van der Waals surface area contributed by atoms with Crippen LogP contribution in [-0.2, 0) is 76.0 Å². The molecule has 12 nitrogen and oxygen atoms in total. The molecular weight excluding hydrogens is 1950 g/mol. The predicted molar refractivity (Wildman–Crippen MR) is 505 cm³/mol. The van der Waals surface area contributed by atoms with Crippen molar-refractivity contribution in [1.29, 1.82) is 0 Å². The summed E-state index contributed by atoms with van der Waals surface area (Å²) in [6, 6.07) is 87.4. The Hall–Kier alpha value is -8.03. The summed E-state index contributed by atoms with van der Waals surface area (Å²) in [5, 5.41) is 27.5. The maximum Gasteiger partial charge on any atom is 3.00 e. The third kappa shape index (κ3) is 41.3. The van der Waals surface area contributed by atoms with Crippen molar-refractivity contribution in [2.45, 2.75) is 172 Å². The Balaban J connectivity index is 0.000000705. The number of hydrogen-bond acceptors (Lipinski definition) is 11. The topological polar surface area (TPSA) is 192 Å². The first-order valence-electron chi connectivity index (χ1n) is 40.4. The fourth-order valence-corrected chi connectivity index (χ4v) is 18.5. The zero-order valence-corrected chi connectivity index (χ0v) is 84.6. The number of nitrogens with zero attached hydrogens (tertiary/aromatic N) is 6. The number of aliphatic hydroxyl groups is 3. The average molecular weight is 2080 g/mol. The molecule has 0 saturated heterocycles. The van der Waals surface area contributed by atoms with Gasteiger partial charge in [-0.3, -0.25) is 9.54 Å². The molecule has 0 aliphatic carbocycles. The van der Waals surface area contributed by atoms with Gasteiger partial charge in [0.15, 0.2) is 0 Å². The SMILES string of the molecule is CC(C)Cc1cc(-c2[c-]cccc2)ncc1[Si](C)(C)C.CC(C)Cc1cc(-c2[c-]cccc2)ncc1[Si](C)(C)C.CC(C)Cc1cc(-c2[c-]cccc2)ncc1[Si](C)(C)C.CC(C)Cc1cc(-c2[c-]cccc2)ncc1[Si](C)(C)C.CCO.CO.CO.O=S(=O)(O)C(F)(F)F.[Ir+3].[Ir].[c-]1ccccc1-c1ccccn1.c1ccc(-c2ccccn2)cc1. The summed E-state index contributed by atoms with van der Waals surface area (Å²) >= 11 is 0. The molecule has 1 radical (unpaired) electrons. The summed E-state index contributed by atoms with van der Waals surface area (Å²) in [4.78, 5) is 27.2. The van der Waals surface area contributed by atoms with E-state index in [-0.39, 0.29) is 46.8 Å². The normalized spacial score (nSPS) is 11.0. The number of hydrogen-bond donors (Lipinski definition) is 4. The number of benzene rings is 6. The van der Waals surface area contributed by atoms with E-state index in [0.717, 1.165) is 107 Å². The van der Waals surface area contributed by atoms with Crippen LogP contribution in [0.5, 0.6) is 0 Å². The minimum atomic E-state index is -5.84. The van der Waals surface area contributed by atoms with E-state index in [1.54, 1.807) is 13.1 Å². The van der Waals surface area contributed by atoms with E-state index >= 15 is 0 Å². The molecule has 121 heavy (non-hydrogen) atoms. The van der Waals surface area contributed by atoms with Crippen LogP contribution in [0.2, 0.25) is 78.6 Å². The van der Waals surface area contributed by atoms with Gasteiger partial charge in [-0.2, -0.15) is 21.6 Å². The van der Waals surface area contributed by atoms with Gasteiger partial charge in [0, 0.05) is 83.7 Å². The van der Waals surface area contributed by atoms with Gasteiger partial charge in [0.25, 0.3) is 0 Å². The molecular formula is C99H128F3Ir2N6O6SSi4-2. The van der Waals surface area contributed by atoms with Crippen LogP contribution in [0, 0.1) is 54.0 Å². The third-order valence-corrected chi connectivity index (χ3v) is 26.2. The molecule has 653 valence electrons. The number of rotatable bonds is 18. The van der Waals surface area contributed by atoms with E-state index in [0.29, 0.717) is 23.7 Å². The van der Waals surface area contributed by atoms with Crippen LogP contribution >= 0.6 is 0 Å². The molecule has 12 rings (SSSR count). The first-order valence-corrected chi connectivity index (χ1v) is 55.8. The third-order valence-electron chi connectivity index (χ3n) is 17.3. The zero-order valence-electron chi connectivity index (χ0n) is 75.0. The van der Waals surface area contributed by atoms with Crippen molar-refractivity contribution in [2.75, 3.05) is 20.8 Å². The molecule has 0 unspecified atom stereocenters. The fraction of sp³-hybridized carbons (Fsp3) is 0.333. The molecule has 4 N–H and O–H groups in total. The quantitative estimate of drug-likeness (QED) is 0.0275. The Morgan fingerprint density at radius 1 is 0.347 bits per heavy atom. The van der Waals surface area contributed by atoms with Gasteiger partial charge in [-0.15, -0.1) is 179 Å². The Bertz CT molecular complexity index is 4330. The van der Waals surface area contributed by atoms with Gasteiger partial charge in [0.05, 0.1) is 38.0 Å². The molecule has 6 aromatic carbocycles. The van der Waals surface area contributed by atoms with Gasteiger partial charge in [-0.1, -0.05) is 229 Å². The van der Waals surface area contributed by atoms with E-state index in [1.807, 2.05) is 158 Å². The van der Waals surface area contributed by atoms with E-state index < -0.39 is 47.9 Å². The second-order valence-electron chi connectivity index (χ2n) is 33.7. The summed E-state index contributed by atoms with van der Waals surface area (Å²) in [6.07, 6.45) is 16.5. The van der Waals surface area contributed by atoms with Crippen molar-refractivity contribution in [3.05, 3.63) is 302 Å². The maximum absolute atomic E-state index is 10.7. The molecule has 6 heterocycles. The van der Waals surface area contributed by atoms with Crippen LogP contribution in [-0.4, -0.2) is 117 Å². The minimum absolute atomic E-state index is 0. The Morgan fingerprint density at radius 2 is 0.554 bits per heavy atom. The van der Waals surface area contributed by atoms with Gasteiger partial charge in [0.2, 0.25) is 0 Å². The Kier molecular flexibility index (Phi) is 51.3. The van der Waals surface area contributed by atoms with Crippen molar-refractivity contribution < 1.29 is 81.7 Å². The summed E-state index contributed by atoms with van der Waals surface area (Å²) in [6.45, 7) is 48.9. The summed E-state index contributed by atoms with van der Waals surface area (Å²) < 4.78 is 57.5. The molecule has 0 spiro atoms. The molecule has 0 saturated carbocycles. The van der Waals surface area contributed by atoms with Crippen molar-refractivity contribution >= 4 is 63.2 Å². The first-order chi connectivity index (χ1) is 56.1. The van der Waals surface area contributed by atoms with Gasteiger partial charge in [0.1, 0.15) is 0 Å². The van der Waals surface area contributed by atoms with Crippen LogP contribution in [0.4, 0.5) is 13.2 Å². The van der Waals surface area contributed by atoms with Crippen LogP contribution < -0.4 is 20.7 Å². The van der Waals surface area contributed by atoms with Crippen molar-refractivity contribution in [3.63, 3.8) is 0 Å². The largest absolute Gasteiger partial charge is 3.00 e. The van der Waals surface area contributed by atoms with Gasteiger partial charge >= 0.3 is 35.7 Å². The molecule has 22 heteroatoms. The summed E-state index contributed by atoms with van der Waals surface area (Å²) in [5.74, 6) is 2.67. The maximum atomic E-state index is 10.7. The van der Waals surface area contributed by atoms with E-state index in [1.165, 1.54) is 43.0 Å². The smallest absolute Gasteiger partial charge is 0.400 e. The molecule has 0 aliphatic heterocycles. The van der Waals surface area contributed by atoms with Gasteiger partial charge in [-0.25, -0.2) is 0 Å². The first kappa shape index (κ1) is 111. The number of aromatic nitrogens is 6. The van der Waals surface area contributed by atoms with Crippen molar-refractivity contribution in [1.82, 2.24) is 29.9 Å². The Morgan fingerprint density at radius 3 is 0.736 bits per heavy atom. The molecule has 6 aromatic heterocycles. The van der Waals surface area contributed by atoms with E-state index in [4.69, 9.17) is 28.3 Å². The van der Waals surface area contributed by atoms with Crippen LogP contribution in [0.1, 0.15) is 84.6 Å². The summed E-state index contributed by atoms with van der Waals surface area (Å²) in [5.41, 5.74) is 13.1. The second-order valence-corrected chi connectivity index (χ2v) is 55.3. The van der Waals surface area contributed by atoms with Crippen molar-refractivity contribution in [3.8, 4) is 67.5 Å². The monoisotopic (exact) mass is 2080 g/mol. The van der Waals surface area contributed by atoms with Gasteiger partial charge < -0.3 is 40.2 Å². The molecule has 0 bridgehead atoms. The van der Waals surface area contributed by atoms with Gasteiger partial charge in [-0.05, 0) is 124 Å². The fourth-order valence-electron chi connectivity index (χ4n) is 12.1. The summed E-state index contributed by atoms with van der Waals surface area (Å²) in [7, 11) is -9.21. The zero-order chi connectivity index (χ0) is 89.2. The number of aliphatic hydroxyl groups excluding tert-OH is 3. The molecule has 0 amide bonds. The van der Waals surface area contributed by atoms with E-state index in [9.17, 15) is 13.2 Å². The number of alkyl halides is 3. The second kappa shape index (κ2) is 56.0. The number of halogens is 3. The molecule has 0 atom stereocenters. The van der Waals surface area contributed by atoms with Crippen LogP contribution in [0.15, 0.2) is 250 Å². The van der Waals surface area contributed by atoms with E-state index in [2.05, 4.69) is 280 Å². The standard InChI is InChI=1S/4C18H24NSi.C11H9N.C11H8N.C2H6O.CHF3O3S.2CH4O.2Ir/c4*1-14(2)11-16-12-17(15-9-7-6-8-10-15)19-13-18(16)20(3,4)5;2*1-2-6-10(7-3-1)11-8-4-5-9-12-11;1-2-3;2-1(3,4)8(5,6)7;2*1-2;;/h4*6-9,12-14H,11H2,1-5H3;1-9H;1-6,8-9H;3H,2H2,1H3;(H,5,6,7);2*2H,1H3;;/q4*-1;;-1;;;;;;+3. The average Bonchev–Trinajstić information content (AvgIpc) is 0.819. The Labute approximate surface area is 754 Å². The van der Waals surface area contributed by atoms with Crippen molar-refractivity contribution in [2.24, 2.45) is 23.7 Å². The molecule has 12 aromatic rings. The van der Waals surface area contributed by atoms with Crippen LogP contribution in [0.3, 0.4) is 0 Å². The number of pyridine rings is 6.